The Morgan fingerprint density at radius 2 is 1.91 bits per heavy atom. The highest BCUT2D eigenvalue weighted by molar-refractivity contribution is 7.91. The summed E-state index contributed by atoms with van der Waals surface area (Å²) >= 11 is 12.1. The van der Waals surface area contributed by atoms with Gasteiger partial charge in [0.05, 0.1) is 16.5 Å². The maximum atomic E-state index is 12.6. The SMILES string of the molecule is Cc1c(Cl)ccc(S(=O)(=O)CNCCCC(=O)N(C)Cc2ccc(C3=NCCN3)cc2)c1Cl. The standard InChI is InChI=1S/C23H28Cl2N4O3S/c1-16-19(24)9-10-20(22(16)25)33(31,32)15-26-11-3-4-21(30)29(2)14-17-5-7-18(8-6-17)23-27-12-13-28-23/h5-10,26H,3-4,11-15H2,1-2H3,(H,27,28). The first-order chi connectivity index (χ1) is 15.7. The van der Waals surface area contributed by atoms with Crippen LogP contribution in [0.3, 0.4) is 0 Å². The minimum Gasteiger partial charge on any atom is -0.368 e. The van der Waals surface area contributed by atoms with E-state index in [9.17, 15) is 13.2 Å². The van der Waals surface area contributed by atoms with E-state index in [1.165, 1.54) is 12.1 Å². The number of halogens is 2. The molecule has 0 radical (unpaired) electrons. The van der Waals surface area contributed by atoms with Crippen LogP contribution in [0.25, 0.3) is 0 Å². The fraction of sp³-hybridized carbons (Fsp3) is 0.391. The molecule has 1 amide bonds. The third-order valence-electron chi connectivity index (χ3n) is 5.40. The first kappa shape index (κ1) is 25.5. The van der Waals surface area contributed by atoms with Crippen molar-refractivity contribution >= 4 is 44.8 Å². The van der Waals surface area contributed by atoms with E-state index in [-0.39, 0.29) is 21.7 Å². The summed E-state index contributed by atoms with van der Waals surface area (Å²) in [7, 11) is -1.84. The summed E-state index contributed by atoms with van der Waals surface area (Å²) < 4.78 is 25.1. The highest BCUT2D eigenvalue weighted by Gasteiger charge is 2.20. The molecule has 0 aromatic heterocycles. The van der Waals surface area contributed by atoms with Gasteiger partial charge in [-0.25, -0.2) is 8.42 Å². The molecule has 178 valence electrons. The lowest BCUT2D eigenvalue weighted by Crippen LogP contribution is -2.28. The van der Waals surface area contributed by atoms with E-state index < -0.39 is 9.84 Å². The predicted octanol–water partition coefficient (Wildman–Crippen LogP) is 3.41. The molecule has 0 bridgehead atoms. The molecule has 0 unspecified atom stereocenters. The van der Waals surface area contributed by atoms with Gasteiger partial charge in [-0.2, -0.15) is 0 Å². The zero-order valence-electron chi connectivity index (χ0n) is 18.7. The molecular weight excluding hydrogens is 483 g/mol. The minimum absolute atomic E-state index is 0.00180. The summed E-state index contributed by atoms with van der Waals surface area (Å²) in [5, 5.41) is 6.70. The molecule has 0 aliphatic carbocycles. The zero-order valence-corrected chi connectivity index (χ0v) is 21.0. The lowest BCUT2D eigenvalue weighted by atomic mass is 10.1. The topological polar surface area (TPSA) is 90.9 Å². The van der Waals surface area contributed by atoms with E-state index in [0.717, 1.165) is 30.1 Å². The van der Waals surface area contributed by atoms with Crippen LogP contribution in [0.1, 0.15) is 29.5 Å². The number of rotatable bonds is 10. The van der Waals surface area contributed by atoms with E-state index in [1.54, 1.807) is 18.9 Å². The second-order valence-corrected chi connectivity index (χ2v) is 10.7. The zero-order chi connectivity index (χ0) is 24.0. The maximum Gasteiger partial charge on any atom is 0.222 e. The van der Waals surface area contributed by atoms with Gasteiger partial charge in [-0.3, -0.25) is 9.79 Å². The Morgan fingerprint density at radius 1 is 1.18 bits per heavy atom. The maximum absolute atomic E-state index is 12.6. The van der Waals surface area contributed by atoms with Crippen molar-refractivity contribution in [3.63, 3.8) is 0 Å². The number of amides is 1. The van der Waals surface area contributed by atoms with Crippen LogP contribution in [0.2, 0.25) is 10.0 Å². The monoisotopic (exact) mass is 510 g/mol. The van der Waals surface area contributed by atoms with Crippen molar-refractivity contribution in [2.75, 3.05) is 32.6 Å². The minimum atomic E-state index is -3.61. The van der Waals surface area contributed by atoms with E-state index >= 15 is 0 Å². The molecule has 0 atom stereocenters. The van der Waals surface area contributed by atoms with Gasteiger partial charge in [0.2, 0.25) is 5.91 Å². The number of carbonyl (C=O) groups is 1. The van der Waals surface area contributed by atoms with Gasteiger partial charge in [0.15, 0.2) is 9.84 Å². The summed E-state index contributed by atoms with van der Waals surface area (Å²) in [6, 6.07) is 10.9. The van der Waals surface area contributed by atoms with Crippen LogP contribution >= 0.6 is 23.2 Å². The highest BCUT2D eigenvalue weighted by Crippen LogP contribution is 2.30. The van der Waals surface area contributed by atoms with Crippen molar-refractivity contribution in [2.45, 2.75) is 31.2 Å². The van der Waals surface area contributed by atoms with Gasteiger partial charge in [-0.15, -0.1) is 0 Å². The number of nitrogens with one attached hydrogen (secondary N) is 2. The van der Waals surface area contributed by atoms with Crippen LogP contribution in [-0.2, 0) is 21.2 Å². The number of amidine groups is 1. The molecule has 1 aliphatic heterocycles. The Morgan fingerprint density at radius 3 is 2.58 bits per heavy atom. The third kappa shape index (κ3) is 6.69. The van der Waals surface area contributed by atoms with E-state index in [2.05, 4.69) is 15.6 Å². The first-order valence-corrected chi connectivity index (χ1v) is 13.1. The van der Waals surface area contributed by atoms with Gasteiger partial charge in [-0.05, 0) is 43.1 Å². The highest BCUT2D eigenvalue weighted by atomic mass is 35.5. The number of hydrogen-bond donors (Lipinski definition) is 2. The van der Waals surface area contributed by atoms with Gasteiger partial charge in [0.1, 0.15) is 11.7 Å². The lowest BCUT2D eigenvalue weighted by molar-refractivity contribution is -0.130. The predicted molar refractivity (Wildman–Crippen MR) is 133 cm³/mol. The van der Waals surface area contributed by atoms with Crippen LogP contribution in [-0.4, -0.2) is 57.6 Å². The number of aliphatic imine (C=N–C) groups is 1. The first-order valence-electron chi connectivity index (χ1n) is 10.7. The average Bonchev–Trinajstić information content (AvgIpc) is 3.32. The smallest absolute Gasteiger partial charge is 0.222 e. The Balaban J connectivity index is 1.41. The van der Waals surface area contributed by atoms with Crippen molar-refractivity contribution in [3.05, 3.63) is 63.1 Å². The van der Waals surface area contributed by atoms with Gasteiger partial charge in [-0.1, -0.05) is 47.5 Å². The van der Waals surface area contributed by atoms with Crippen LogP contribution in [0.4, 0.5) is 0 Å². The summed E-state index contributed by atoms with van der Waals surface area (Å²) in [5.74, 6) is 0.653. The number of hydrogen-bond acceptors (Lipinski definition) is 6. The van der Waals surface area contributed by atoms with Gasteiger partial charge in [0, 0.05) is 37.1 Å². The Kier molecular flexibility index (Phi) is 8.75. The Hall–Kier alpha value is -2.13. The fourth-order valence-corrected chi connectivity index (χ4v) is 5.43. The second kappa shape index (κ2) is 11.3. The van der Waals surface area contributed by atoms with E-state index in [1.807, 2.05) is 24.3 Å². The summed E-state index contributed by atoms with van der Waals surface area (Å²) in [6.45, 7) is 4.24. The Labute approximate surface area is 205 Å². The van der Waals surface area contributed by atoms with Crippen LogP contribution < -0.4 is 10.6 Å². The molecule has 2 aromatic rings. The molecule has 10 heteroatoms. The fourth-order valence-electron chi connectivity index (χ4n) is 3.44. The normalized spacial score (nSPS) is 13.5. The van der Waals surface area contributed by atoms with Crippen LogP contribution in [0, 0.1) is 6.92 Å². The van der Waals surface area contributed by atoms with Gasteiger partial charge >= 0.3 is 0 Å². The van der Waals surface area contributed by atoms with Gasteiger partial charge < -0.3 is 15.5 Å². The van der Waals surface area contributed by atoms with Crippen molar-refractivity contribution in [2.24, 2.45) is 4.99 Å². The molecule has 0 spiro atoms. The number of carbonyl (C=O) groups excluding carboxylic acids is 1. The molecule has 2 aromatic carbocycles. The van der Waals surface area contributed by atoms with Crippen LogP contribution in [0.15, 0.2) is 46.3 Å². The lowest BCUT2D eigenvalue weighted by Gasteiger charge is -2.18. The van der Waals surface area contributed by atoms with E-state index in [0.29, 0.717) is 36.5 Å². The van der Waals surface area contributed by atoms with Crippen molar-refractivity contribution in [3.8, 4) is 0 Å². The van der Waals surface area contributed by atoms with Gasteiger partial charge in [0.25, 0.3) is 0 Å². The molecule has 33 heavy (non-hydrogen) atoms. The number of nitrogens with zero attached hydrogens (tertiary/aromatic N) is 2. The molecule has 1 aliphatic rings. The molecule has 7 nitrogen and oxygen atoms in total. The largest absolute Gasteiger partial charge is 0.368 e. The number of benzene rings is 2. The summed E-state index contributed by atoms with van der Waals surface area (Å²) in [6.07, 6.45) is 0.847. The molecule has 1 heterocycles. The van der Waals surface area contributed by atoms with Crippen molar-refractivity contribution < 1.29 is 13.2 Å². The van der Waals surface area contributed by atoms with Crippen molar-refractivity contribution in [1.82, 2.24) is 15.5 Å². The molecule has 2 N–H and O–H groups in total. The summed E-state index contributed by atoms with van der Waals surface area (Å²) in [5.41, 5.74) is 2.61. The summed E-state index contributed by atoms with van der Waals surface area (Å²) in [4.78, 5) is 18.6. The second-order valence-electron chi connectivity index (χ2n) is 7.95. The quantitative estimate of drug-likeness (QED) is 0.478. The number of sulfone groups is 1. The van der Waals surface area contributed by atoms with E-state index in [4.69, 9.17) is 23.2 Å². The van der Waals surface area contributed by atoms with Crippen LogP contribution in [0.5, 0.6) is 0 Å². The molecule has 3 rings (SSSR count). The molecular formula is C23H28Cl2N4O3S. The third-order valence-corrected chi connectivity index (χ3v) is 8.01. The average molecular weight is 511 g/mol. The van der Waals surface area contributed by atoms with Crippen molar-refractivity contribution in [1.29, 1.82) is 0 Å². The Bertz CT molecular complexity index is 1140. The molecule has 0 saturated carbocycles. The molecule has 0 saturated heterocycles. The molecule has 0 fully saturated rings.